The van der Waals surface area contributed by atoms with Crippen molar-refractivity contribution in [3.05, 3.63) is 35.9 Å². The molecule has 0 amide bonds. The maximum absolute atomic E-state index is 11.8. The minimum absolute atomic E-state index is 0.278. The topological polar surface area (TPSA) is 66.8 Å². The number of benzene rings is 1. The molecule has 2 rings (SSSR count). The van der Waals surface area contributed by atoms with Crippen LogP contribution in [0.5, 0.6) is 0 Å². The van der Waals surface area contributed by atoms with Gasteiger partial charge in [-0.25, -0.2) is 0 Å². The van der Waals surface area contributed by atoms with Gasteiger partial charge in [0.05, 0.1) is 18.4 Å². The molecule has 0 aromatic heterocycles. The third-order valence-corrected chi connectivity index (χ3v) is 3.55. The van der Waals surface area contributed by atoms with Gasteiger partial charge in [-0.05, 0) is 12.5 Å². The summed E-state index contributed by atoms with van der Waals surface area (Å²) in [5, 5.41) is 9.25. The molecule has 5 nitrogen and oxygen atoms in total. The van der Waals surface area contributed by atoms with Crippen molar-refractivity contribution in [2.24, 2.45) is 11.8 Å². The molecule has 1 saturated heterocycles. The lowest BCUT2D eigenvalue weighted by molar-refractivity contribution is -0.155. The Bertz CT molecular complexity index is 474. The van der Waals surface area contributed by atoms with Gasteiger partial charge in [-0.2, -0.15) is 0 Å². The fraction of sp³-hybridized carbons (Fsp3) is 0.467. The molecule has 1 aliphatic rings. The highest BCUT2D eigenvalue weighted by Gasteiger charge is 2.42. The molecule has 108 valence electrons. The van der Waals surface area contributed by atoms with E-state index in [9.17, 15) is 14.7 Å². The Morgan fingerprint density at radius 2 is 1.90 bits per heavy atom. The first-order valence-corrected chi connectivity index (χ1v) is 6.77. The third kappa shape index (κ3) is 3.36. The minimum Gasteiger partial charge on any atom is -0.481 e. The molecular formula is C15H19NO4. The van der Waals surface area contributed by atoms with Gasteiger partial charge >= 0.3 is 11.9 Å². The van der Waals surface area contributed by atoms with Crippen molar-refractivity contribution in [3.63, 3.8) is 0 Å². The monoisotopic (exact) mass is 277 g/mol. The second-order valence-corrected chi connectivity index (χ2v) is 4.98. The number of carboxylic acid groups (broad SMARTS) is 1. The van der Waals surface area contributed by atoms with Crippen molar-refractivity contribution in [3.8, 4) is 0 Å². The fourth-order valence-electron chi connectivity index (χ4n) is 2.59. The van der Waals surface area contributed by atoms with Crippen LogP contribution in [-0.4, -0.2) is 41.6 Å². The Kier molecular flexibility index (Phi) is 4.74. The van der Waals surface area contributed by atoms with Crippen LogP contribution in [0.15, 0.2) is 30.3 Å². The summed E-state index contributed by atoms with van der Waals surface area (Å²) in [6, 6.07) is 9.82. The summed E-state index contributed by atoms with van der Waals surface area (Å²) in [7, 11) is 0. The quantitative estimate of drug-likeness (QED) is 0.824. The van der Waals surface area contributed by atoms with E-state index in [1.807, 2.05) is 35.2 Å². The number of carbonyl (C=O) groups is 2. The molecule has 20 heavy (non-hydrogen) atoms. The number of nitrogens with zero attached hydrogens (tertiary/aromatic N) is 1. The normalized spacial score (nSPS) is 22.6. The van der Waals surface area contributed by atoms with E-state index < -0.39 is 23.8 Å². The zero-order chi connectivity index (χ0) is 14.5. The van der Waals surface area contributed by atoms with E-state index in [0.29, 0.717) is 19.6 Å². The average Bonchev–Trinajstić information content (AvgIpc) is 2.84. The summed E-state index contributed by atoms with van der Waals surface area (Å²) in [6.07, 6.45) is 0. The summed E-state index contributed by atoms with van der Waals surface area (Å²) in [5.74, 6) is -2.59. The van der Waals surface area contributed by atoms with Crippen LogP contribution < -0.4 is 0 Å². The van der Waals surface area contributed by atoms with Crippen LogP contribution in [0.4, 0.5) is 0 Å². The summed E-state index contributed by atoms with van der Waals surface area (Å²) in [6.45, 7) is 3.48. The van der Waals surface area contributed by atoms with Crippen molar-refractivity contribution >= 4 is 11.9 Å². The summed E-state index contributed by atoms with van der Waals surface area (Å²) >= 11 is 0. The first-order chi connectivity index (χ1) is 9.61. The molecule has 0 bridgehead atoms. The summed E-state index contributed by atoms with van der Waals surface area (Å²) < 4.78 is 4.98. The van der Waals surface area contributed by atoms with E-state index >= 15 is 0 Å². The van der Waals surface area contributed by atoms with Crippen molar-refractivity contribution in [1.29, 1.82) is 0 Å². The average molecular weight is 277 g/mol. The van der Waals surface area contributed by atoms with Crippen LogP contribution in [0.2, 0.25) is 0 Å². The van der Waals surface area contributed by atoms with Crippen LogP contribution in [0.1, 0.15) is 12.5 Å². The number of carbonyl (C=O) groups excluding carboxylic acids is 1. The van der Waals surface area contributed by atoms with Crippen LogP contribution in [-0.2, 0) is 20.9 Å². The van der Waals surface area contributed by atoms with Gasteiger partial charge in [0.2, 0.25) is 0 Å². The van der Waals surface area contributed by atoms with Gasteiger partial charge in [-0.3, -0.25) is 14.5 Å². The molecule has 1 aromatic rings. The molecule has 0 radical (unpaired) electrons. The van der Waals surface area contributed by atoms with E-state index in [2.05, 4.69) is 0 Å². The second-order valence-electron chi connectivity index (χ2n) is 4.98. The molecule has 5 heteroatoms. The van der Waals surface area contributed by atoms with E-state index in [1.165, 1.54) is 0 Å². The Morgan fingerprint density at radius 1 is 1.25 bits per heavy atom. The standard InChI is InChI=1S/C15H19NO4/c1-2-20-15(19)13-10-16(9-12(13)14(17)18)8-11-6-4-3-5-7-11/h3-7,12-13H,2,8-10H2,1H3,(H,17,18). The van der Waals surface area contributed by atoms with Crippen LogP contribution in [0, 0.1) is 11.8 Å². The number of aliphatic carboxylic acids is 1. The van der Waals surface area contributed by atoms with Crippen LogP contribution in [0.25, 0.3) is 0 Å². The van der Waals surface area contributed by atoms with Gasteiger partial charge in [-0.1, -0.05) is 30.3 Å². The predicted molar refractivity (Wildman–Crippen MR) is 73.0 cm³/mol. The lowest BCUT2D eigenvalue weighted by Gasteiger charge is -2.15. The second kappa shape index (κ2) is 6.52. The molecule has 1 aromatic carbocycles. The number of likely N-dealkylation sites (tertiary alicyclic amines) is 1. The minimum atomic E-state index is -0.932. The maximum Gasteiger partial charge on any atom is 0.311 e. The molecule has 0 saturated carbocycles. The highest BCUT2D eigenvalue weighted by atomic mass is 16.5. The molecule has 0 spiro atoms. The van der Waals surface area contributed by atoms with Crippen molar-refractivity contribution in [2.45, 2.75) is 13.5 Å². The van der Waals surface area contributed by atoms with Gasteiger partial charge in [0, 0.05) is 19.6 Å². The van der Waals surface area contributed by atoms with Gasteiger partial charge < -0.3 is 9.84 Å². The third-order valence-electron chi connectivity index (χ3n) is 3.55. The Hall–Kier alpha value is -1.88. The van der Waals surface area contributed by atoms with Crippen LogP contribution in [0.3, 0.4) is 0 Å². The Balaban J connectivity index is 2.04. The van der Waals surface area contributed by atoms with E-state index in [-0.39, 0.29) is 6.61 Å². The predicted octanol–water partition coefficient (Wildman–Crippen LogP) is 1.38. The molecule has 0 aliphatic carbocycles. The maximum atomic E-state index is 11.8. The highest BCUT2D eigenvalue weighted by molar-refractivity contribution is 5.82. The highest BCUT2D eigenvalue weighted by Crippen LogP contribution is 2.26. The smallest absolute Gasteiger partial charge is 0.311 e. The molecular weight excluding hydrogens is 258 g/mol. The van der Waals surface area contributed by atoms with Gasteiger partial charge in [0.15, 0.2) is 0 Å². The summed E-state index contributed by atoms with van der Waals surface area (Å²) in [4.78, 5) is 25.1. The SMILES string of the molecule is CCOC(=O)C1CN(Cc2ccccc2)CC1C(=O)O. The number of hydrogen-bond acceptors (Lipinski definition) is 4. The van der Waals surface area contributed by atoms with Gasteiger partial charge in [0.1, 0.15) is 0 Å². The molecule has 2 unspecified atom stereocenters. The van der Waals surface area contributed by atoms with Crippen molar-refractivity contribution in [1.82, 2.24) is 4.90 Å². The summed E-state index contributed by atoms with van der Waals surface area (Å²) in [5.41, 5.74) is 1.11. The van der Waals surface area contributed by atoms with Crippen molar-refractivity contribution in [2.75, 3.05) is 19.7 Å². The number of ether oxygens (including phenoxy) is 1. The number of rotatable bonds is 5. The Labute approximate surface area is 118 Å². The van der Waals surface area contributed by atoms with Crippen LogP contribution >= 0.6 is 0 Å². The van der Waals surface area contributed by atoms with Gasteiger partial charge in [0.25, 0.3) is 0 Å². The lowest BCUT2D eigenvalue weighted by Crippen LogP contribution is -2.29. The number of carboxylic acids is 1. The lowest BCUT2D eigenvalue weighted by atomic mass is 9.96. The molecule has 2 atom stereocenters. The van der Waals surface area contributed by atoms with E-state index in [1.54, 1.807) is 6.92 Å². The van der Waals surface area contributed by atoms with E-state index in [4.69, 9.17) is 4.74 Å². The number of esters is 1. The van der Waals surface area contributed by atoms with Gasteiger partial charge in [-0.15, -0.1) is 0 Å². The first kappa shape index (κ1) is 14.5. The first-order valence-electron chi connectivity index (χ1n) is 6.77. The molecule has 1 heterocycles. The molecule has 1 aliphatic heterocycles. The van der Waals surface area contributed by atoms with Crippen molar-refractivity contribution < 1.29 is 19.4 Å². The van der Waals surface area contributed by atoms with E-state index in [0.717, 1.165) is 5.56 Å². The fourth-order valence-corrected chi connectivity index (χ4v) is 2.59. The molecule has 1 N–H and O–H groups in total. The zero-order valence-electron chi connectivity index (χ0n) is 11.5. The largest absolute Gasteiger partial charge is 0.481 e. The zero-order valence-corrected chi connectivity index (χ0v) is 11.5. The number of hydrogen-bond donors (Lipinski definition) is 1. The Morgan fingerprint density at radius 3 is 2.50 bits per heavy atom. The molecule has 1 fully saturated rings.